The molecule has 1 heterocycles. The number of aromatic nitrogens is 2. The lowest BCUT2D eigenvalue weighted by molar-refractivity contribution is 0.103. The molecule has 12 heteroatoms. The van der Waals surface area contributed by atoms with Crippen LogP contribution in [-0.2, 0) is 20.0 Å². The Kier molecular flexibility index (Phi) is 7.08. The second kappa shape index (κ2) is 9.48. The van der Waals surface area contributed by atoms with Crippen LogP contribution in [-0.4, -0.2) is 44.1 Å². The van der Waals surface area contributed by atoms with Gasteiger partial charge in [0.25, 0.3) is 0 Å². The molecule has 3 rings (SSSR count). The number of carbonyl (C=O) groups excluding carboxylic acids is 1. The van der Waals surface area contributed by atoms with Crippen LogP contribution in [0.3, 0.4) is 0 Å². The molecule has 0 saturated heterocycles. The van der Waals surface area contributed by atoms with Crippen molar-refractivity contribution in [1.29, 1.82) is 0 Å². The number of nitrogens with zero attached hydrogens (tertiary/aromatic N) is 3. The SMILES string of the molecule is CCCS(=O)(=O)N(c1ccc(F)c(C(=O)c2ccc3nccnc3c2)c1F)S(=O)(=O)CCC. The molecule has 0 bridgehead atoms. The molecule has 0 unspecified atom stereocenters. The summed E-state index contributed by atoms with van der Waals surface area (Å²) in [6.07, 6.45) is 2.95. The molecule has 0 saturated carbocycles. The number of hydrogen-bond donors (Lipinski definition) is 0. The summed E-state index contributed by atoms with van der Waals surface area (Å²) in [4.78, 5) is 21.1. The van der Waals surface area contributed by atoms with Gasteiger partial charge in [0.1, 0.15) is 11.5 Å². The first kappa shape index (κ1) is 24.6. The van der Waals surface area contributed by atoms with Gasteiger partial charge in [-0.05, 0) is 43.2 Å². The maximum atomic E-state index is 15.5. The molecule has 0 amide bonds. The van der Waals surface area contributed by atoms with E-state index in [0.29, 0.717) is 23.2 Å². The van der Waals surface area contributed by atoms with E-state index in [0.717, 1.165) is 0 Å². The summed E-state index contributed by atoms with van der Waals surface area (Å²) in [5.74, 6) is -5.11. The second-order valence-electron chi connectivity index (χ2n) is 7.17. The van der Waals surface area contributed by atoms with Crippen molar-refractivity contribution in [3.05, 3.63) is 65.5 Å². The van der Waals surface area contributed by atoms with Crippen molar-refractivity contribution in [2.45, 2.75) is 26.7 Å². The number of carbonyl (C=O) groups is 1. The highest BCUT2D eigenvalue weighted by Gasteiger charge is 2.37. The van der Waals surface area contributed by atoms with Crippen LogP contribution in [0.1, 0.15) is 42.6 Å². The van der Waals surface area contributed by atoms with Crippen molar-refractivity contribution in [3.63, 3.8) is 0 Å². The number of hydrogen-bond acceptors (Lipinski definition) is 7. The quantitative estimate of drug-likeness (QED) is 0.416. The summed E-state index contributed by atoms with van der Waals surface area (Å²) >= 11 is 0. The molecule has 0 aliphatic rings. The van der Waals surface area contributed by atoms with Gasteiger partial charge in [-0.15, -0.1) is 0 Å². The number of rotatable bonds is 9. The number of ketones is 1. The minimum absolute atomic E-state index is 0.0234. The van der Waals surface area contributed by atoms with Gasteiger partial charge in [-0.3, -0.25) is 14.8 Å². The van der Waals surface area contributed by atoms with E-state index >= 15 is 4.39 Å². The molecule has 176 valence electrons. The summed E-state index contributed by atoms with van der Waals surface area (Å²) in [6.45, 7) is 3.03. The van der Waals surface area contributed by atoms with Crippen molar-refractivity contribution in [2.24, 2.45) is 0 Å². The lowest BCUT2D eigenvalue weighted by Gasteiger charge is -2.24. The Labute approximate surface area is 190 Å². The molecule has 0 aliphatic carbocycles. The van der Waals surface area contributed by atoms with E-state index < -0.39 is 60.2 Å². The van der Waals surface area contributed by atoms with Crippen molar-refractivity contribution in [3.8, 4) is 0 Å². The summed E-state index contributed by atoms with van der Waals surface area (Å²) in [6, 6.07) is 5.40. The van der Waals surface area contributed by atoms with E-state index in [1.807, 2.05) is 0 Å². The van der Waals surface area contributed by atoms with Crippen LogP contribution in [0, 0.1) is 11.6 Å². The van der Waals surface area contributed by atoms with E-state index in [4.69, 9.17) is 0 Å². The average molecular weight is 498 g/mol. The number of sulfonamides is 2. The van der Waals surface area contributed by atoms with E-state index in [9.17, 15) is 26.0 Å². The molecule has 3 aromatic rings. The third-order valence-corrected chi connectivity index (χ3v) is 9.27. The predicted octanol–water partition coefficient (Wildman–Crippen LogP) is 3.43. The first-order chi connectivity index (χ1) is 15.5. The van der Waals surface area contributed by atoms with Crippen molar-refractivity contribution >= 4 is 42.6 Å². The first-order valence-corrected chi connectivity index (χ1v) is 13.2. The monoisotopic (exact) mass is 497 g/mol. The molecule has 0 fully saturated rings. The zero-order chi connectivity index (χ0) is 24.4. The van der Waals surface area contributed by atoms with Crippen LogP contribution in [0.15, 0.2) is 42.7 Å². The van der Waals surface area contributed by atoms with Crippen LogP contribution in [0.5, 0.6) is 0 Å². The molecule has 2 aromatic carbocycles. The summed E-state index contributed by atoms with van der Waals surface area (Å²) in [7, 11) is -9.05. The standard InChI is InChI=1S/C21H21F2N3O5S2/c1-3-11-32(28,29)26(33(30,31)12-4-2)18-8-6-15(22)19(20(18)23)21(27)14-5-7-16-17(13-14)25-10-9-24-16/h5-10,13H,3-4,11-12H2,1-2H3. The highest BCUT2D eigenvalue weighted by molar-refractivity contribution is 8.10. The lowest BCUT2D eigenvalue weighted by atomic mass is 10.0. The van der Waals surface area contributed by atoms with Crippen LogP contribution < -0.4 is 3.71 Å². The van der Waals surface area contributed by atoms with Gasteiger partial charge >= 0.3 is 0 Å². The molecule has 0 aliphatic heterocycles. The van der Waals surface area contributed by atoms with Gasteiger partial charge in [0.05, 0.1) is 28.1 Å². The normalized spacial score (nSPS) is 12.1. The van der Waals surface area contributed by atoms with Crippen molar-refractivity contribution in [1.82, 2.24) is 9.97 Å². The zero-order valence-corrected chi connectivity index (χ0v) is 19.5. The van der Waals surface area contributed by atoms with Gasteiger partial charge in [0.2, 0.25) is 20.0 Å². The molecule has 0 radical (unpaired) electrons. The van der Waals surface area contributed by atoms with E-state index in [1.54, 1.807) is 0 Å². The van der Waals surface area contributed by atoms with Crippen molar-refractivity contribution in [2.75, 3.05) is 15.2 Å². The Hall–Kier alpha value is -2.99. The smallest absolute Gasteiger partial charge is 0.248 e. The van der Waals surface area contributed by atoms with Crippen LogP contribution in [0.2, 0.25) is 0 Å². The van der Waals surface area contributed by atoms with Crippen LogP contribution >= 0.6 is 0 Å². The highest BCUT2D eigenvalue weighted by atomic mass is 32.3. The van der Waals surface area contributed by atoms with Gasteiger partial charge < -0.3 is 0 Å². The molecular formula is C21H21F2N3O5S2. The van der Waals surface area contributed by atoms with Gasteiger partial charge in [-0.25, -0.2) is 25.6 Å². The van der Waals surface area contributed by atoms with E-state index in [1.165, 1.54) is 44.4 Å². The maximum absolute atomic E-state index is 15.5. The Morgan fingerprint density at radius 1 is 0.879 bits per heavy atom. The third kappa shape index (κ3) is 4.86. The predicted molar refractivity (Wildman–Crippen MR) is 120 cm³/mol. The number of benzene rings is 2. The summed E-state index contributed by atoms with van der Waals surface area (Å²) < 4.78 is 81.2. The summed E-state index contributed by atoms with van der Waals surface area (Å²) in [5, 5.41) is 0. The fourth-order valence-corrected chi connectivity index (χ4v) is 7.37. The van der Waals surface area contributed by atoms with Gasteiger partial charge in [0, 0.05) is 18.0 Å². The Bertz CT molecular complexity index is 1390. The molecule has 1 aromatic heterocycles. The Morgan fingerprint density at radius 2 is 1.45 bits per heavy atom. The van der Waals surface area contributed by atoms with Crippen LogP contribution in [0.4, 0.5) is 14.5 Å². The highest BCUT2D eigenvalue weighted by Crippen LogP contribution is 2.31. The van der Waals surface area contributed by atoms with Gasteiger partial charge in [0.15, 0.2) is 11.6 Å². The minimum Gasteiger partial charge on any atom is -0.288 e. The minimum atomic E-state index is -4.52. The average Bonchev–Trinajstić information content (AvgIpc) is 2.74. The lowest BCUT2D eigenvalue weighted by Crippen LogP contribution is -2.40. The number of halogens is 2. The molecule has 0 spiro atoms. The van der Waals surface area contributed by atoms with Gasteiger partial charge in [-0.2, -0.15) is 3.71 Å². The second-order valence-corrected chi connectivity index (χ2v) is 11.3. The largest absolute Gasteiger partial charge is 0.288 e. The summed E-state index contributed by atoms with van der Waals surface area (Å²) in [5.41, 5.74) is -1.37. The maximum Gasteiger partial charge on any atom is 0.248 e. The Morgan fingerprint density at radius 3 is 2.03 bits per heavy atom. The first-order valence-electron chi connectivity index (χ1n) is 10.0. The molecule has 8 nitrogen and oxygen atoms in total. The molecule has 33 heavy (non-hydrogen) atoms. The number of fused-ring (bicyclic) bond motifs is 1. The molecular weight excluding hydrogens is 476 g/mol. The fraction of sp³-hybridized carbons (Fsp3) is 0.286. The van der Waals surface area contributed by atoms with Crippen LogP contribution in [0.25, 0.3) is 11.0 Å². The molecule has 0 atom stereocenters. The third-order valence-electron chi connectivity index (χ3n) is 4.66. The zero-order valence-electron chi connectivity index (χ0n) is 17.8. The Balaban J connectivity index is 2.21. The molecule has 0 N–H and O–H groups in total. The topological polar surface area (TPSA) is 114 Å². The number of anilines is 1. The van der Waals surface area contributed by atoms with Gasteiger partial charge in [-0.1, -0.05) is 13.8 Å². The van der Waals surface area contributed by atoms with E-state index in [-0.39, 0.29) is 22.1 Å². The van der Waals surface area contributed by atoms with Crippen molar-refractivity contribution < 1.29 is 30.4 Å². The fourth-order valence-electron chi connectivity index (χ4n) is 3.29. The van der Waals surface area contributed by atoms with E-state index in [2.05, 4.69) is 9.97 Å².